The highest BCUT2D eigenvalue weighted by Gasteiger charge is 2.46. The second-order valence-corrected chi connectivity index (χ2v) is 4.52. The Labute approximate surface area is 85.7 Å². The Morgan fingerprint density at radius 3 is 2.50 bits per heavy atom. The van der Waals surface area contributed by atoms with Gasteiger partial charge in [0.2, 0.25) is 0 Å². The van der Waals surface area contributed by atoms with Crippen molar-refractivity contribution in [3.05, 3.63) is 0 Å². The van der Waals surface area contributed by atoms with Crippen LogP contribution < -0.4 is 0 Å². The predicted molar refractivity (Wildman–Crippen MR) is 52.9 cm³/mol. The molecule has 0 aromatic rings. The van der Waals surface area contributed by atoms with Crippen LogP contribution in [0.1, 0.15) is 19.8 Å². The van der Waals surface area contributed by atoms with E-state index in [4.69, 9.17) is 14.2 Å². The molecule has 0 aromatic carbocycles. The Morgan fingerprint density at radius 2 is 1.86 bits per heavy atom. The summed E-state index contributed by atoms with van der Waals surface area (Å²) in [5, 5.41) is 0. The fraction of sp³-hybridized carbons (Fsp3) is 1.00. The van der Waals surface area contributed by atoms with Gasteiger partial charge in [-0.2, -0.15) is 0 Å². The van der Waals surface area contributed by atoms with Gasteiger partial charge in [0.25, 0.3) is 0 Å². The average molecular weight is 200 g/mol. The highest BCUT2D eigenvalue weighted by Crippen LogP contribution is 2.42. The van der Waals surface area contributed by atoms with Crippen molar-refractivity contribution in [2.24, 2.45) is 17.8 Å². The van der Waals surface area contributed by atoms with Crippen LogP contribution in [0.25, 0.3) is 0 Å². The van der Waals surface area contributed by atoms with Gasteiger partial charge in [-0.05, 0) is 18.8 Å². The van der Waals surface area contributed by atoms with Crippen molar-refractivity contribution in [1.29, 1.82) is 0 Å². The van der Waals surface area contributed by atoms with Crippen molar-refractivity contribution >= 4 is 0 Å². The first-order valence-corrected chi connectivity index (χ1v) is 5.45. The fourth-order valence-electron chi connectivity index (χ4n) is 3.04. The average Bonchev–Trinajstić information content (AvgIpc) is 2.60. The van der Waals surface area contributed by atoms with Crippen LogP contribution in [0, 0.1) is 17.8 Å². The van der Waals surface area contributed by atoms with Gasteiger partial charge in [0.1, 0.15) is 0 Å². The lowest BCUT2D eigenvalue weighted by atomic mass is 9.73. The van der Waals surface area contributed by atoms with E-state index in [-0.39, 0.29) is 6.29 Å². The van der Waals surface area contributed by atoms with E-state index >= 15 is 0 Å². The lowest BCUT2D eigenvalue weighted by Gasteiger charge is -2.37. The summed E-state index contributed by atoms with van der Waals surface area (Å²) in [6, 6.07) is 0. The molecule has 1 heterocycles. The van der Waals surface area contributed by atoms with Gasteiger partial charge in [-0.25, -0.2) is 0 Å². The zero-order valence-corrected chi connectivity index (χ0v) is 9.23. The van der Waals surface area contributed by atoms with Gasteiger partial charge in [-0.15, -0.1) is 0 Å². The van der Waals surface area contributed by atoms with Crippen molar-refractivity contribution in [2.75, 3.05) is 20.8 Å². The van der Waals surface area contributed by atoms with Gasteiger partial charge >= 0.3 is 0 Å². The number of methoxy groups -OCH3 is 2. The van der Waals surface area contributed by atoms with Gasteiger partial charge in [0, 0.05) is 26.1 Å². The van der Waals surface area contributed by atoms with E-state index in [1.54, 1.807) is 7.11 Å². The minimum Gasteiger partial charge on any atom is -0.381 e. The maximum absolute atomic E-state index is 5.63. The van der Waals surface area contributed by atoms with Gasteiger partial charge in [0.15, 0.2) is 6.29 Å². The third-order valence-electron chi connectivity index (χ3n) is 3.80. The van der Waals surface area contributed by atoms with E-state index < -0.39 is 0 Å². The normalized spacial score (nSPS) is 47.8. The topological polar surface area (TPSA) is 27.7 Å². The predicted octanol–water partition coefficient (Wildman–Crippen LogP) is 1.67. The van der Waals surface area contributed by atoms with Crippen LogP contribution in [0.15, 0.2) is 0 Å². The molecule has 2 aliphatic rings. The summed E-state index contributed by atoms with van der Waals surface area (Å²) in [4.78, 5) is 0. The van der Waals surface area contributed by atoms with Crippen molar-refractivity contribution in [3.8, 4) is 0 Å². The summed E-state index contributed by atoms with van der Waals surface area (Å²) in [5.74, 6) is 1.73. The van der Waals surface area contributed by atoms with Crippen LogP contribution in [0.4, 0.5) is 0 Å². The number of hydrogen-bond donors (Lipinski definition) is 0. The summed E-state index contributed by atoms with van der Waals surface area (Å²) in [5.41, 5.74) is 0. The molecule has 1 saturated carbocycles. The van der Waals surface area contributed by atoms with Crippen LogP contribution in [0.3, 0.4) is 0 Å². The maximum atomic E-state index is 5.63. The molecule has 0 radical (unpaired) electrons. The summed E-state index contributed by atoms with van der Waals surface area (Å²) < 4.78 is 16.5. The summed E-state index contributed by atoms with van der Waals surface area (Å²) >= 11 is 0. The van der Waals surface area contributed by atoms with Gasteiger partial charge in [-0.3, -0.25) is 0 Å². The molecule has 3 heteroatoms. The Hall–Kier alpha value is -0.120. The number of fused-ring (bicyclic) bond motifs is 1. The Bertz CT molecular complexity index is 195. The first-order chi connectivity index (χ1) is 6.77. The van der Waals surface area contributed by atoms with E-state index in [1.165, 1.54) is 12.8 Å². The standard InChI is InChI=1S/C11H20O3/c1-7-4-5-8-9(10(7)12-2)6-14-11(8)13-3/h7-11H,4-6H2,1-3H3. The van der Waals surface area contributed by atoms with E-state index in [1.807, 2.05) is 7.11 Å². The molecule has 0 aromatic heterocycles. The van der Waals surface area contributed by atoms with Crippen LogP contribution >= 0.6 is 0 Å². The molecular weight excluding hydrogens is 180 g/mol. The number of rotatable bonds is 2. The zero-order chi connectivity index (χ0) is 10.1. The zero-order valence-electron chi connectivity index (χ0n) is 9.23. The molecule has 5 atom stereocenters. The molecule has 0 spiro atoms. The maximum Gasteiger partial charge on any atom is 0.160 e. The van der Waals surface area contributed by atoms with Crippen molar-refractivity contribution in [2.45, 2.75) is 32.2 Å². The molecule has 0 bridgehead atoms. The van der Waals surface area contributed by atoms with Crippen LogP contribution in [-0.2, 0) is 14.2 Å². The van der Waals surface area contributed by atoms with E-state index in [2.05, 4.69) is 6.92 Å². The first-order valence-electron chi connectivity index (χ1n) is 5.45. The van der Waals surface area contributed by atoms with Crippen molar-refractivity contribution in [3.63, 3.8) is 0 Å². The lowest BCUT2D eigenvalue weighted by molar-refractivity contribution is -0.116. The smallest absolute Gasteiger partial charge is 0.160 e. The molecule has 5 unspecified atom stereocenters. The Kier molecular flexibility index (Phi) is 3.10. The Balaban J connectivity index is 2.07. The largest absolute Gasteiger partial charge is 0.381 e. The van der Waals surface area contributed by atoms with E-state index in [0.717, 1.165) is 6.61 Å². The van der Waals surface area contributed by atoms with Crippen LogP contribution in [0.5, 0.6) is 0 Å². The second kappa shape index (κ2) is 4.17. The quantitative estimate of drug-likeness (QED) is 0.678. The second-order valence-electron chi connectivity index (χ2n) is 4.52. The van der Waals surface area contributed by atoms with Gasteiger partial charge < -0.3 is 14.2 Å². The molecule has 1 saturated heterocycles. The summed E-state index contributed by atoms with van der Waals surface area (Å²) in [6.07, 6.45) is 2.80. The van der Waals surface area contributed by atoms with Gasteiger partial charge in [-0.1, -0.05) is 6.92 Å². The molecule has 3 nitrogen and oxygen atoms in total. The van der Waals surface area contributed by atoms with Crippen LogP contribution in [0.2, 0.25) is 0 Å². The van der Waals surface area contributed by atoms with Crippen molar-refractivity contribution < 1.29 is 14.2 Å². The molecule has 2 fully saturated rings. The molecule has 82 valence electrons. The fourth-order valence-corrected chi connectivity index (χ4v) is 3.04. The number of ether oxygens (including phenoxy) is 3. The monoisotopic (exact) mass is 200 g/mol. The lowest BCUT2D eigenvalue weighted by Crippen LogP contribution is -2.40. The van der Waals surface area contributed by atoms with E-state index in [9.17, 15) is 0 Å². The molecule has 14 heavy (non-hydrogen) atoms. The highest BCUT2D eigenvalue weighted by atomic mass is 16.7. The first kappa shape index (κ1) is 10.4. The third-order valence-corrected chi connectivity index (χ3v) is 3.80. The minimum absolute atomic E-state index is 0.00477. The SMILES string of the molecule is COC1OCC2C1CCC(C)C2OC. The molecule has 1 aliphatic carbocycles. The molecule has 0 amide bonds. The summed E-state index contributed by atoms with van der Waals surface area (Å²) in [7, 11) is 3.54. The minimum atomic E-state index is 0.00477. The van der Waals surface area contributed by atoms with Crippen molar-refractivity contribution in [1.82, 2.24) is 0 Å². The molecule has 1 aliphatic heterocycles. The molecule has 0 N–H and O–H groups in total. The van der Waals surface area contributed by atoms with Crippen LogP contribution in [-0.4, -0.2) is 33.2 Å². The van der Waals surface area contributed by atoms with E-state index in [0.29, 0.717) is 23.9 Å². The highest BCUT2D eigenvalue weighted by molar-refractivity contribution is 4.91. The van der Waals surface area contributed by atoms with Gasteiger partial charge in [0.05, 0.1) is 12.7 Å². The molecule has 2 rings (SSSR count). The Morgan fingerprint density at radius 1 is 1.07 bits per heavy atom. The summed E-state index contributed by atoms with van der Waals surface area (Å²) in [6.45, 7) is 3.07. The number of hydrogen-bond acceptors (Lipinski definition) is 3. The third kappa shape index (κ3) is 1.58. The molecular formula is C11H20O3.